The van der Waals surface area contributed by atoms with Gasteiger partial charge in [0, 0.05) is 6.61 Å². The molecule has 0 aliphatic heterocycles. The Morgan fingerprint density at radius 1 is 1.17 bits per heavy atom. The molecule has 0 aromatic carbocycles. The van der Waals surface area contributed by atoms with E-state index < -0.39 is 0 Å². The molecule has 0 aromatic heterocycles. The van der Waals surface area contributed by atoms with Crippen molar-refractivity contribution in [1.29, 1.82) is 0 Å². The Balaban J connectivity index is 3.80. The predicted octanol–water partition coefficient (Wildman–Crippen LogP) is 2.28. The second-order valence-electron chi connectivity index (χ2n) is 4.10. The highest BCUT2D eigenvalue weighted by Crippen LogP contribution is 2.29. The fraction of sp³-hybridized carbons (Fsp3) is 1.00. The Morgan fingerprint density at radius 3 is 2.25 bits per heavy atom. The average Bonchev–Trinajstić information content (AvgIpc) is 2.02. The Kier molecular flexibility index (Phi) is 6.77. The minimum absolute atomic E-state index is 0.465. The largest absolute Gasteiger partial charge is 0.427 e. The first kappa shape index (κ1) is 12.2. The summed E-state index contributed by atoms with van der Waals surface area (Å²) >= 11 is 0. The molecule has 0 saturated carbocycles. The zero-order chi connectivity index (χ0) is 9.45. The lowest BCUT2D eigenvalue weighted by molar-refractivity contribution is 0.145. The Labute approximate surface area is 80.4 Å². The Morgan fingerprint density at radius 2 is 1.83 bits per heavy atom. The van der Waals surface area contributed by atoms with Crippen LogP contribution in [0.15, 0.2) is 0 Å². The van der Waals surface area contributed by atoms with Crippen LogP contribution in [0.25, 0.3) is 0 Å². The van der Waals surface area contributed by atoms with Gasteiger partial charge in [0.25, 0.3) is 0 Å². The van der Waals surface area contributed by atoms with Gasteiger partial charge in [-0.05, 0) is 18.3 Å². The third-order valence-corrected chi connectivity index (χ3v) is 2.77. The summed E-state index contributed by atoms with van der Waals surface area (Å²) in [5.74, 6) is 0. The van der Waals surface area contributed by atoms with Crippen molar-refractivity contribution in [3.63, 3.8) is 0 Å². The van der Waals surface area contributed by atoms with Gasteiger partial charge in [-0.2, -0.15) is 0 Å². The molecule has 1 unspecified atom stereocenters. The van der Waals surface area contributed by atoms with Crippen LogP contribution in [0.4, 0.5) is 0 Å². The van der Waals surface area contributed by atoms with Gasteiger partial charge in [0.1, 0.15) is 10.5 Å². The fourth-order valence-electron chi connectivity index (χ4n) is 1.82. The predicted molar refractivity (Wildman–Crippen MR) is 58.4 cm³/mol. The molecule has 0 aromatic rings. The third kappa shape index (κ3) is 4.94. The quantitative estimate of drug-likeness (QED) is 0.557. The van der Waals surface area contributed by atoms with Gasteiger partial charge in [0.15, 0.2) is 0 Å². The molecular weight excluding hydrogens is 164 g/mol. The summed E-state index contributed by atoms with van der Waals surface area (Å²) in [5.41, 5.74) is 0.465. The van der Waals surface area contributed by atoms with E-state index in [9.17, 15) is 0 Å². The van der Waals surface area contributed by atoms with Crippen LogP contribution in [0.2, 0.25) is 0 Å². The maximum atomic E-state index is 5.40. The van der Waals surface area contributed by atoms with E-state index in [1.54, 1.807) is 0 Å². The van der Waals surface area contributed by atoms with Crippen molar-refractivity contribution in [3.8, 4) is 0 Å². The van der Waals surface area contributed by atoms with Crippen LogP contribution in [0, 0.1) is 5.41 Å². The lowest BCUT2D eigenvalue weighted by Gasteiger charge is -2.28. The van der Waals surface area contributed by atoms with Crippen molar-refractivity contribution in [3.05, 3.63) is 0 Å². The number of rotatable bonds is 7. The minimum atomic E-state index is 0.465. The lowest BCUT2D eigenvalue weighted by atomic mass is 9.82. The van der Waals surface area contributed by atoms with Crippen molar-refractivity contribution < 1.29 is 4.43 Å². The Bertz CT molecular complexity index is 98.0. The van der Waals surface area contributed by atoms with E-state index in [-0.39, 0.29) is 0 Å². The number of hydrogen-bond acceptors (Lipinski definition) is 1. The molecule has 0 N–H and O–H groups in total. The van der Waals surface area contributed by atoms with Crippen LogP contribution in [0.5, 0.6) is 0 Å². The van der Waals surface area contributed by atoms with E-state index >= 15 is 0 Å². The van der Waals surface area contributed by atoms with Gasteiger partial charge in [0.05, 0.1) is 0 Å². The second kappa shape index (κ2) is 6.67. The highest BCUT2D eigenvalue weighted by molar-refractivity contribution is 5.97. The van der Waals surface area contributed by atoms with Gasteiger partial charge in [-0.1, -0.05) is 40.0 Å². The molecule has 1 atom stereocenters. The van der Waals surface area contributed by atoms with E-state index in [0.717, 1.165) is 17.1 Å². The normalized spacial score (nSPS) is 16.2. The topological polar surface area (TPSA) is 9.23 Å². The van der Waals surface area contributed by atoms with Gasteiger partial charge in [0.2, 0.25) is 0 Å². The molecular formula is C10H24OSi. The van der Waals surface area contributed by atoms with E-state index in [0.29, 0.717) is 5.41 Å². The van der Waals surface area contributed by atoms with Crippen LogP contribution >= 0.6 is 0 Å². The van der Waals surface area contributed by atoms with Gasteiger partial charge in [-0.15, -0.1) is 0 Å². The fourth-order valence-corrected chi connectivity index (χ4v) is 2.52. The van der Waals surface area contributed by atoms with Crippen molar-refractivity contribution in [2.45, 2.75) is 52.9 Å². The minimum Gasteiger partial charge on any atom is -0.427 e. The summed E-state index contributed by atoms with van der Waals surface area (Å²) in [6.07, 6.45) is 6.59. The van der Waals surface area contributed by atoms with Crippen LogP contribution in [-0.4, -0.2) is 17.1 Å². The standard InChI is InChI=1S/C10H24OSi/c1-4-6-8-10(3,7-5-2)9-11-12/h4-9H2,1-3,12H3. The molecule has 74 valence electrons. The molecule has 0 fully saturated rings. The van der Waals surface area contributed by atoms with Gasteiger partial charge in [-0.3, -0.25) is 0 Å². The highest BCUT2D eigenvalue weighted by atomic mass is 28.2. The number of unbranched alkanes of at least 4 members (excludes halogenated alkanes) is 1. The van der Waals surface area contributed by atoms with E-state index in [1.807, 2.05) is 0 Å². The van der Waals surface area contributed by atoms with Crippen molar-refractivity contribution >= 4 is 10.5 Å². The second-order valence-corrected chi connectivity index (χ2v) is 4.67. The van der Waals surface area contributed by atoms with Crippen molar-refractivity contribution in [2.24, 2.45) is 5.41 Å². The van der Waals surface area contributed by atoms with Gasteiger partial charge >= 0.3 is 0 Å². The Hall–Kier alpha value is 0.177. The molecule has 12 heavy (non-hydrogen) atoms. The SMILES string of the molecule is CCCCC(C)(CCC)CO[SiH3]. The smallest absolute Gasteiger partial charge is 0.145 e. The zero-order valence-corrected chi connectivity index (χ0v) is 11.2. The van der Waals surface area contributed by atoms with Gasteiger partial charge < -0.3 is 4.43 Å². The van der Waals surface area contributed by atoms with Crippen LogP contribution in [-0.2, 0) is 4.43 Å². The summed E-state index contributed by atoms with van der Waals surface area (Å²) < 4.78 is 5.40. The summed E-state index contributed by atoms with van der Waals surface area (Å²) in [6.45, 7) is 7.86. The molecule has 0 saturated heterocycles. The van der Waals surface area contributed by atoms with Crippen molar-refractivity contribution in [1.82, 2.24) is 0 Å². The summed E-state index contributed by atoms with van der Waals surface area (Å²) in [6, 6.07) is 0. The maximum Gasteiger partial charge on any atom is 0.145 e. The molecule has 0 rings (SSSR count). The van der Waals surface area contributed by atoms with Crippen LogP contribution < -0.4 is 0 Å². The highest BCUT2D eigenvalue weighted by Gasteiger charge is 2.21. The van der Waals surface area contributed by atoms with Crippen LogP contribution in [0.3, 0.4) is 0 Å². The third-order valence-electron chi connectivity index (χ3n) is 2.48. The van der Waals surface area contributed by atoms with Crippen LogP contribution in [0.1, 0.15) is 52.9 Å². The van der Waals surface area contributed by atoms with E-state index in [2.05, 4.69) is 20.8 Å². The first-order valence-corrected chi connectivity index (χ1v) is 5.99. The summed E-state index contributed by atoms with van der Waals surface area (Å²) in [4.78, 5) is 0. The molecule has 2 heteroatoms. The molecule has 0 heterocycles. The summed E-state index contributed by atoms with van der Waals surface area (Å²) in [7, 11) is 0.886. The summed E-state index contributed by atoms with van der Waals surface area (Å²) in [5, 5.41) is 0. The molecule has 0 spiro atoms. The first-order valence-electron chi connectivity index (χ1n) is 5.17. The molecule has 0 amide bonds. The zero-order valence-electron chi connectivity index (χ0n) is 9.15. The van der Waals surface area contributed by atoms with Crippen molar-refractivity contribution in [2.75, 3.05) is 6.61 Å². The molecule has 0 bridgehead atoms. The molecule has 0 aliphatic carbocycles. The van der Waals surface area contributed by atoms with Gasteiger partial charge in [-0.25, -0.2) is 0 Å². The van der Waals surface area contributed by atoms with E-state index in [1.165, 1.54) is 32.1 Å². The molecule has 0 radical (unpaired) electrons. The molecule has 1 nitrogen and oxygen atoms in total. The number of hydrogen-bond donors (Lipinski definition) is 0. The lowest BCUT2D eigenvalue weighted by Crippen LogP contribution is -2.22. The van der Waals surface area contributed by atoms with E-state index in [4.69, 9.17) is 4.43 Å². The first-order chi connectivity index (χ1) is 5.68. The molecule has 0 aliphatic rings. The maximum absolute atomic E-state index is 5.40. The monoisotopic (exact) mass is 188 g/mol. The average molecular weight is 188 g/mol.